The lowest BCUT2D eigenvalue weighted by molar-refractivity contribution is -0.327. The molecule has 4 aromatic rings. The van der Waals surface area contributed by atoms with Crippen molar-refractivity contribution in [2.24, 2.45) is 0 Å². The van der Waals surface area contributed by atoms with Crippen LogP contribution in [0.15, 0.2) is 91.1 Å². The first kappa shape index (κ1) is 49.1. The minimum Gasteiger partial charge on any atom is -0.394 e. The van der Waals surface area contributed by atoms with Crippen LogP contribution in [-0.4, -0.2) is 175 Å². The zero-order valence-corrected chi connectivity index (χ0v) is 35.3. The van der Waals surface area contributed by atoms with Crippen LogP contribution < -0.4 is 26.6 Å². The van der Waals surface area contributed by atoms with Gasteiger partial charge in [-0.2, -0.15) is 0 Å². The Bertz CT molecular complexity index is 2160. The summed E-state index contributed by atoms with van der Waals surface area (Å²) in [6.07, 6.45) is -15.3. The molecule has 0 spiro atoms. The summed E-state index contributed by atoms with van der Waals surface area (Å²) < 4.78 is 10.8. The van der Waals surface area contributed by atoms with E-state index in [1.54, 1.807) is 6.20 Å². The van der Waals surface area contributed by atoms with Gasteiger partial charge in [0.1, 0.15) is 54.8 Å². The third-order valence-corrected chi connectivity index (χ3v) is 11.6. The lowest BCUT2D eigenvalue weighted by Crippen LogP contribution is -2.62. The molecular formula is C45H58N6O14. The van der Waals surface area contributed by atoms with Gasteiger partial charge < -0.3 is 81.9 Å². The van der Waals surface area contributed by atoms with Gasteiger partial charge in [-0.15, -0.1) is 0 Å². The molecule has 2 saturated heterocycles. The molecule has 1 aromatic heterocycles. The number of benzene rings is 3. The summed E-state index contributed by atoms with van der Waals surface area (Å²) >= 11 is 0. The van der Waals surface area contributed by atoms with Gasteiger partial charge >= 0.3 is 0 Å². The van der Waals surface area contributed by atoms with E-state index in [-0.39, 0.29) is 25.8 Å². The van der Waals surface area contributed by atoms with E-state index in [9.17, 15) is 60.0 Å². The second-order valence-electron chi connectivity index (χ2n) is 16.3. The maximum Gasteiger partial charge on any atom is 0.243 e. The fourth-order valence-electron chi connectivity index (χ4n) is 7.92. The highest BCUT2D eigenvalue weighted by Crippen LogP contribution is 2.25. The van der Waals surface area contributed by atoms with Crippen LogP contribution in [-0.2, 0) is 47.9 Å². The van der Waals surface area contributed by atoms with Gasteiger partial charge in [-0.05, 0) is 29.2 Å². The molecule has 352 valence electrons. The number of aromatic nitrogens is 1. The normalized spacial score (nSPS) is 27.9. The van der Waals surface area contributed by atoms with Crippen molar-refractivity contribution in [2.45, 2.75) is 105 Å². The maximum atomic E-state index is 14.3. The number of carbonyl (C=O) groups is 4. The zero-order valence-electron chi connectivity index (χ0n) is 35.3. The molecule has 20 heteroatoms. The second kappa shape index (κ2) is 23.2. The Hall–Kier alpha value is -5.36. The van der Waals surface area contributed by atoms with Crippen molar-refractivity contribution in [3.63, 3.8) is 0 Å². The summed E-state index contributed by atoms with van der Waals surface area (Å²) in [5, 5.41) is 98.2. The summed E-state index contributed by atoms with van der Waals surface area (Å²) in [5.41, 5.74) is 3.06. The predicted molar refractivity (Wildman–Crippen MR) is 231 cm³/mol. The van der Waals surface area contributed by atoms with Crippen LogP contribution in [0.25, 0.3) is 10.9 Å². The van der Waals surface area contributed by atoms with Gasteiger partial charge in [-0.3, -0.25) is 19.2 Å². The molecule has 4 amide bonds. The van der Waals surface area contributed by atoms with Crippen molar-refractivity contribution in [2.75, 3.05) is 26.3 Å². The highest BCUT2D eigenvalue weighted by Gasteiger charge is 2.47. The van der Waals surface area contributed by atoms with Gasteiger partial charge in [0, 0.05) is 43.0 Å². The summed E-state index contributed by atoms with van der Waals surface area (Å²) in [6, 6.07) is 21.1. The van der Waals surface area contributed by atoms with E-state index < -0.39 is 129 Å². The number of aliphatic hydroxyl groups is 8. The standard InChI is InChI=1S/C45H58N6O14/c52-22-34(55)41(65-45-40(60)39(59)38(58)35(23-53)64-45)37(57)33(54)21-47-30-18-36(56)50-32(17-26-19-46-29-14-8-7-13-28(26)29)44(63)51-31(16-25-11-5-2-6-12-25)43(62)49-27(20-48-42(30)61)15-24-9-3-1-4-10-24/h1-14,19,27,30-35,37-41,45-47,52-55,57-60H,15-18,20-23H2,(H,48,61)(H,49,62)(H,50,56)(H,51,63)/t27-,30-,31+,32+,33+,34-,35-,37-,38-,39+,40-,41+,45-/m1/s1. The molecule has 0 radical (unpaired) electrons. The molecule has 0 unspecified atom stereocenters. The number of aliphatic hydroxyl groups excluding tert-OH is 8. The molecule has 0 aliphatic carbocycles. The van der Waals surface area contributed by atoms with Crippen LogP contribution in [0.2, 0.25) is 0 Å². The highest BCUT2D eigenvalue weighted by molar-refractivity contribution is 5.95. The Balaban J connectivity index is 1.26. The summed E-state index contributed by atoms with van der Waals surface area (Å²) in [4.78, 5) is 59.7. The van der Waals surface area contributed by atoms with Crippen LogP contribution in [0.3, 0.4) is 0 Å². The van der Waals surface area contributed by atoms with Gasteiger partial charge in [0.2, 0.25) is 23.6 Å². The zero-order chi connectivity index (χ0) is 46.6. The first-order chi connectivity index (χ1) is 31.3. The van der Waals surface area contributed by atoms with Crippen LogP contribution in [0.5, 0.6) is 0 Å². The third kappa shape index (κ3) is 12.9. The number of hydrogen-bond donors (Lipinski definition) is 14. The van der Waals surface area contributed by atoms with Crippen molar-refractivity contribution >= 4 is 34.5 Å². The number of amides is 4. The minimum atomic E-state index is -2.09. The number of para-hydroxylation sites is 1. The molecular weight excluding hydrogens is 849 g/mol. The lowest BCUT2D eigenvalue weighted by Gasteiger charge is -2.42. The number of fused-ring (bicyclic) bond motifs is 1. The number of nitrogens with one attached hydrogen (secondary N) is 6. The molecule has 20 nitrogen and oxygen atoms in total. The van der Waals surface area contributed by atoms with E-state index in [0.29, 0.717) is 5.56 Å². The van der Waals surface area contributed by atoms with Crippen molar-refractivity contribution < 1.29 is 69.5 Å². The molecule has 14 N–H and O–H groups in total. The summed E-state index contributed by atoms with van der Waals surface area (Å²) in [7, 11) is 0. The van der Waals surface area contributed by atoms with Gasteiger partial charge in [0.15, 0.2) is 6.29 Å². The van der Waals surface area contributed by atoms with Gasteiger partial charge in [0.05, 0.1) is 37.8 Å². The smallest absolute Gasteiger partial charge is 0.243 e. The van der Waals surface area contributed by atoms with E-state index in [0.717, 1.165) is 22.0 Å². The molecule has 2 aliphatic heterocycles. The average molecular weight is 907 g/mol. The molecule has 2 fully saturated rings. The highest BCUT2D eigenvalue weighted by atomic mass is 16.7. The molecule has 13 atom stereocenters. The molecule has 3 heterocycles. The lowest BCUT2D eigenvalue weighted by atomic mass is 9.98. The predicted octanol–water partition coefficient (Wildman–Crippen LogP) is -3.61. The Labute approximate surface area is 374 Å². The number of hydrogen-bond acceptors (Lipinski definition) is 15. The van der Waals surface area contributed by atoms with E-state index in [4.69, 9.17) is 9.47 Å². The van der Waals surface area contributed by atoms with Crippen molar-refractivity contribution in [1.82, 2.24) is 31.6 Å². The van der Waals surface area contributed by atoms with Gasteiger partial charge in [-0.25, -0.2) is 0 Å². The molecule has 2 aliphatic rings. The summed E-state index contributed by atoms with van der Waals surface area (Å²) in [5.74, 6) is -2.73. The topological polar surface area (TPSA) is 325 Å². The molecule has 0 bridgehead atoms. The third-order valence-electron chi connectivity index (χ3n) is 11.6. The fourth-order valence-corrected chi connectivity index (χ4v) is 7.92. The quantitative estimate of drug-likeness (QED) is 0.0517. The number of ether oxygens (including phenoxy) is 2. The van der Waals surface area contributed by atoms with Crippen molar-refractivity contribution in [3.8, 4) is 0 Å². The molecule has 6 rings (SSSR count). The minimum absolute atomic E-state index is 0.0177. The van der Waals surface area contributed by atoms with E-state index in [1.807, 2.05) is 84.9 Å². The Morgan fingerprint density at radius 1 is 0.708 bits per heavy atom. The van der Waals surface area contributed by atoms with Gasteiger partial charge in [0.25, 0.3) is 0 Å². The second-order valence-corrected chi connectivity index (χ2v) is 16.3. The Morgan fingerprint density at radius 2 is 1.34 bits per heavy atom. The van der Waals surface area contributed by atoms with Crippen molar-refractivity contribution in [1.29, 1.82) is 0 Å². The largest absolute Gasteiger partial charge is 0.394 e. The Morgan fingerprint density at radius 3 is 2.02 bits per heavy atom. The maximum absolute atomic E-state index is 14.3. The van der Waals surface area contributed by atoms with Crippen LogP contribution in [0.4, 0.5) is 0 Å². The SMILES string of the molecule is O=C1C[C@@H](NC[C@H](O)[C@@H](O)[C@@H](O[C@H]2O[C@H](CO)[C@@H](O)[C@H](O)[C@H]2O)[C@H](O)CO)C(=O)NC[C@@H](Cc2ccccc2)NC(=O)[C@H](Cc2ccccc2)NC(=O)[C@H](Cc2c[nH]c3ccccc23)N1. The molecule has 3 aromatic carbocycles. The van der Waals surface area contributed by atoms with Crippen molar-refractivity contribution in [3.05, 3.63) is 108 Å². The van der Waals surface area contributed by atoms with Crippen LogP contribution in [0, 0.1) is 0 Å². The average Bonchev–Trinajstić information content (AvgIpc) is 3.72. The number of H-pyrrole nitrogens is 1. The van der Waals surface area contributed by atoms with E-state index in [2.05, 4.69) is 31.6 Å². The molecule has 65 heavy (non-hydrogen) atoms. The van der Waals surface area contributed by atoms with Gasteiger partial charge in [-0.1, -0.05) is 78.9 Å². The van der Waals surface area contributed by atoms with E-state index >= 15 is 0 Å². The number of carbonyl (C=O) groups excluding carboxylic acids is 4. The van der Waals surface area contributed by atoms with E-state index in [1.165, 1.54) is 0 Å². The first-order valence-corrected chi connectivity index (χ1v) is 21.4. The van der Waals surface area contributed by atoms with Crippen LogP contribution in [0.1, 0.15) is 23.1 Å². The molecule has 0 saturated carbocycles. The van der Waals surface area contributed by atoms with Crippen LogP contribution >= 0.6 is 0 Å². The Kier molecular flexibility index (Phi) is 17.5. The number of rotatable bonds is 16. The monoisotopic (exact) mass is 906 g/mol. The first-order valence-electron chi connectivity index (χ1n) is 21.4. The number of aromatic amines is 1. The fraction of sp³-hybridized carbons (Fsp3) is 0.467. The summed E-state index contributed by atoms with van der Waals surface area (Å²) in [6.45, 7) is -2.63.